The minimum Gasteiger partial charge on any atom is -0.493 e. The number of nitrogens with zero attached hydrogens (tertiary/aromatic N) is 2. The Morgan fingerprint density at radius 3 is 2.56 bits per heavy atom. The molecular weight excluding hydrogens is 479 g/mol. The number of carbonyl (C=O) groups is 3. The highest BCUT2D eigenvalue weighted by Gasteiger charge is 2.69. The van der Waals surface area contributed by atoms with Gasteiger partial charge < -0.3 is 19.3 Å². The van der Waals surface area contributed by atoms with E-state index in [0.717, 1.165) is 5.56 Å². The summed E-state index contributed by atoms with van der Waals surface area (Å²) < 4.78 is 11.4. The van der Waals surface area contributed by atoms with E-state index in [0.29, 0.717) is 21.4 Å². The van der Waals surface area contributed by atoms with Crippen LogP contribution in [0.4, 0.5) is 0 Å². The van der Waals surface area contributed by atoms with Crippen LogP contribution in [0.15, 0.2) is 42.5 Å². The molecule has 2 fully saturated rings. The topological polar surface area (TPSA) is 76.2 Å². The van der Waals surface area contributed by atoms with E-state index < -0.39 is 29.4 Å². The van der Waals surface area contributed by atoms with Crippen LogP contribution in [0.25, 0.3) is 0 Å². The smallest absolute Gasteiger partial charge is 0.312 e. The van der Waals surface area contributed by atoms with E-state index >= 15 is 0 Å². The highest BCUT2D eigenvalue weighted by molar-refractivity contribution is 6.31. The third kappa shape index (κ3) is 3.45. The Morgan fingerprint density at radius 1 is 1.15 bits per heavy atom. The molecule has 2 aromatic carbocycles. The summed E-state index contributed by atoms with van der Waals surface area (Å²) in [6.45, 7) is 3.89. The summed E-state index contributed by atoms with van der Waals surface area (Å²) >= 11 is 12.3. The Kier molecular flexibility index (Phi) is 5.73. The second-order valence-corrected chi connectivity index (χ2v) is 9.90. The van der Waals surface area contributed by atoms with Gasteiger partial charge in [0.2, 0.25) is 11.8 Å². The fourth-order valence-electron chi connectivity index (χ4n) is 5.71. The van der Waals surface area contributed by atoms with Gasteiger partial charge in [0.05, 0.1) is 25.2 Å². The fourth-order valence-corrected chi connectivity index (χ4v) is 6.02. The average Bonchev–Trinajstić information content (AvgIpc) is 3.09. The van der Waals surface area contributed by atoms with Crippen molar-refractivity contribution in [3.8, 4) is 5.75 Å². The minimum absolute atomic E-state index is 0.0907. The highest BCUT2D eigenvalue weighted by atomic mass is 35.5. The van der Waals surface area contributed by atoms with Gasteiger partial charge in [-0.3, -0.25) is 14.4 Å². The van der Waals surface area contributed by atoms with Gasteiger partial charge in [0.25, 0.3) is 0 Å². The molecule has 178 valence electrons. The number of piperazine rings is 1. The van der Waals surface area contributed by atoms with E-state index in [1.54, 1.807) is 49.1 Å². The van der Waals surface area contributed by atoms with Crippen LogP contribution >= 0.6 is 23.2 Å². The monoisotopic (exact) mass is 502 g/mol. The van der Waals surface area contributed by atoms with Gasteiger partial charge >= 0.3 is 5.97 Å². The molecule has 2 saturated heterocycles. The average molecular weight is 503 g/mol. The Morgan fingerprint density at radius 2 is 1.85 bits per heavy atom. The highest BCUT2D eigenvalue weighted by Crippen LogP contribution is 2.57. The predicted molar refractivity (Wildman–Crippen MR) is 125 cm³/mol. The van der Waals surface area contributed by atoms with Gasteiger partial charge in [-0.25, -0.2) is 0 Å². The van der Waals surface area contributed by atoms with E-state index in [1.807, 2.05) is 12.1 Å². The Balaban J connectivity index is 1.59. The molecule has 3 unspecified atom stereocenters. The van der Waals surface area contributed by atoms with Gasteiger partial charge in [0, 0.05) is 28.1 Å². The van der Waals surface area contributed by atoms with Gasteiger partial charge in [-0.2, -0.15) is 0 Å². The van der Waals surface area contributed by atoms with Gasteiger partial charge in [0.15, 0.2) is 0 Å². The summed E-state index contributed by atoms with van der Waals surface area (Å²) in [5.74, 6) is -1.76. The first kappa shape index (κ1) is 23.0. The van der Waals surface area contributed by atoms with Gasteiger partial charge in [0.1, 0.15) is 17.8 Å². The molecular formula is C25H24Cl2N2O5. The molecule has 0 N–H and O–H groups in total. The first-order chi connectivity index (χ1) is 16.3. The summed E-state index contributed by atoms with van der Waals surface area (Å²) in [5, 5.41) is 1.08. The Hall–Kier alpha value is -2.77. The quantitative estimate of drug-likeness (QED) is 0.593. The first-order valence-corrected chi connectivity index (χ1v) is 12.0. The zero-order chi connectivity index (χ0) is 24.2. The number of hydrogen-bond acceptors (Lipinski definition) is 5. The van der Waals surface area contributed by atoms with Crippen LogP contribution in [0.1, 0.15) is 31.0 Å². The molecule has 7 nitrogen and oxygen atoms in total. The minimum atomic E-state index is -1.42. The maximum Gasteiger partial charge on any atom is 0.312 e. The van der Waals surface area contributed by atoms with Crippen LogP contribution in [0.2, 0.25) is 10.0 Å². The molecule has 2 amide bonds. The number of rotatable bonds is 4. The first-order valence-electron chi connectivity index (χ1n) is 11.2. The van der Waals surface area contributed by atoms with E-state index in [4.69, 9.17) is 32.7 Å². The van der Waals surface area contributed by atoms with Gasteiger partial charge in [-0.1, -0.05) is 35.3 Å². The van der Waals surface area contributed by atoms with Crippen molar-refractivity contribution >= 4 is 41.0 Å². The number of benzene rings is 2. The molecule has 5 rings (SSSR count). The van der Waals surface area contributed by atoms with Crippen molar-refractivity contribution in [2.24, 2.45) is 11.8 Å². The lowest BCUT2D eigenvalue weighted by molar-refractivity contribution is -0.170. The predicted octanol–water partition coefficient (Wildman–Crippen LogP) is 3.87. The number of ether oxygens (including phenoxy) is 2. The van der Waals surface area contributed by atoms with Gasteiger partial charge in [-0.15, -0.1) is 0 Å². The number of fused-ring (bicyclic) bond motifs is 5. The van der Waals surface area contributed by atoms with Crippen LogP contribution in [0, 0.1) is 11.8 Å². The van der Waals surface area contributed by atoms with Crippen molar-refractivity contribution in [3.63, 3.8) is 0 Å². The van der Waals surface area contributed by atoms with Crippen molar-refractivity contribution in [1.29, 1.82) is 0 Å². The van der Waals surface area contributed by atoms with E-state index in [2.05, 4.69) is 0 Å². The maximum atomic E-state index is 14.0. The zero-order valence-corrected chi connectivity index (χ0v) is 20.3. The van der Waals surface area contributed by atoms with Gasteiger partial charge in [-0.05, 0) is 49.7 Å². The molecule has 3 aliphatic heterocycles. The second-order valence-electron chi connectivity index (χ2n) is 9.03. The van der Waals surface area contributed by atoms with Crippen LogP contribution in [-0.4, -0.2) is 52.9 Å². The third-order valence-electron chi connectivity index (χ3n) is 7.08. The van der Waals surface area contributed by atoms with Crippen LogP contribution in [0.3, 0.4) is 0 Å². The molecule has 2 aromatic rings. The SMILES string of the molecule is CCOC(=O)C1C2COc3ccc(Cl)cc3C2N2C(=O)CN(Cc3ccc(Cl)cc3)C(=O)[C@@]12C. The normalized spacial score (nSPS) is 27.6. The van der Waals surface area contributed by atoms with E-state index in [9.17, 15) is 14.4 Å². The molecule has 3 aliphatic rings. The molecule has 0 bridgehead atoms. The molecule has 0 aromatic heterocycles. The van der Waals surface area contributed by atoms with E-state index in [-0.39, 0.29) is 38.1 Å². The van der Waals surface area contributed by atoms with Crippen molar-refractivity contribution in [2.75, 3.05) is 19.8 Å². The molecule has 4 atom stereocenters. The number of esters is 1. The molecule has 0 spiro atoms. The number of amides is 2. The molecule has 9 heteroatoms. The Bertz CT molecular complexity index is 1170. The number of halogens is 2. The summed E-state index contributed by atoms with van der Waals surface area (Å²) in [6, 6.07) is 11.8. The van der Waals surface area contributed by atoms with Crippen molar-refractivity contribution in [1.82, 2.24) is 9.80 Å². The molecule has 3 heterocycles. The van der Waals surface area contributed by atoms with Crippen molar-refractivity contribution in [2.45, 2.75) is 32.0 Å². The standard InChI is InChI=1S/C25H24Cl2N2O5/c1-3-33-23(31)21-18-13-34-19-9-8-16(27)10-17(19)22(18)29-20(30)12-28(24(32)25(21,29)2)11-14-4-6-15(26)7-5-14/h4-10,18,21-22H,3,11-13H2,1-2H3/t18?,21?,22?,25-/m1/s1. The zero-order valence-electron chi connectivity index (χ0n) is 18.8. The maximum absolute atomic E-state index is 14.0. The summed E-state index contributed by atoms with van der Waals surface area (Å²) in [7, 11) is 0. The van der Waals surface area contributed by atoms with Crippen LogP contribution < -0.4 is 4.74 Å². The summed E-state index contributed by atoms with van der Waals surface area (Å²) in [5.41, 5.74) is 0.122. The summed E-state index contributed by atoms with van der Waals surface area (Å²) in [6.07, 6.45) is 0. The lowest BCUT2D eigenvalue weighted by Crippen LogP contribution is -2.67. The third-order valence-corrected chi connectivity index (χ3v) is 7.57. The fraction of sp³-hybridized carbons (Fsp3) is 0.400. The van der Waals surface area contributed by atoms with E-state index in [1.165, 1.54) is 4.90 Å². The second kappa shape index (κ2) is 8.47. The summed E-state index contributed by atoms with van der Waals surface area (Å²) in [4.78, 5) is 44.0. The Labute approximate surface area is 207 Å². The largest absolute Gasteiger partial charge is 0.493 e. The lowest BCUT2D eigenvalue weighted by atomic mass is 9.77. The number of carbonyl (C=O) groups excluding carboxylic acids is 3. The lowest BCUT2D eigenvalue weighted by Gasteiger charge is -2.47. The molecule has 0 aliphatic carbocycles. The van der Waals surface area contributed by atoms with Crippen molar-refractivity contribution in [3.05, 3.63) is 63.6 Å². The molecule has 34 heavy (non-hydrogen) atoms. The number of hydrogen-bond donors (Lipinski definition) is 0. The molecule has 0 radical (unpaired) electrons. The molecule has 0 saturated carbocycles. The van der Waals surface area contributed by atoms with Crippen molar-refractivity contribution < 1.29 is 23.9 Å². The van der Waals surface area contributed by atoms with Crippen LogP contribution in [0.5, 0.6) is 5.75 Å². The van der Waals surface area contributed by atoms with Crippen LogP contribution in [-0.2, 0) is 25.7 Å².